The topological polar surface area (TPSA) is 65.5 Å². The molecule has 0 aromatic rings. The Kier molecular flexibility index (Phi) is 3.46. The van der Waals surface area contributed by atoms with E-state index in [0.717, 1.165) is 19.4 Å². The highest BCUT2D eigenvalue weighted by Gasteiger charge is 2.37. The van der Waals surface area contributed by atoms with E-state index in [2.05, 4.69) is 32.6 Å². The molecule has 0 radical (unpaired) electrons. The van der Waals surface area contributed by atoms with Crippen LogP contribution in [0, 0.1) is 17.2 Å². The van der Waals surface area contributed by atoms with Crippen molar-refractivity contribution in [2.24, 2.45) is 22.6 Å². The molecule has 0 aromatic carbocycles. The lowest BCUT2D eigenvalue weighted by Crippen LogP contribution is -2.38. The normalized spacial score (nSPS) is 27.6. The summed E-state index contributed by atoms with van der Waals surface area (Å²) in [5.74, 6) is 2.06. The Bertz CT molecular complexity index is 420. The molecular formula is C14H24N4. The zero-order valence-corrected chi connectivity index (χ0v) is 11.8. The van der Waals surface area contributed by atoms with Crippen molar-refractivity contribution in [1.29, 1.82) is 5.41 Å². The number of hydrogen-bond donors (Lipinski definition) is 2. The summed E-state index contributed by atoms with van der Waals surface area (Å²) < 4.78 is 0. The Morgan fingerprint density at radius 1 is 1.56 bits per heavy atom. The van der Waals surface area contributed by atoms with Crippen LogP contribution in [-0.2, 0) is 0 Å². The second-order valence-corrected chi connectivity index (χ2v) is 5.61. The second kappa shape index (κ2) is 4.75. The van der Waals surface area contributed by atoms with Crippen LogP contribution >= 0.6 is 0 Å². The van der Waals surface area contributed by atoms with Crippen molar-refractivity contribution in [2.45, 2.75) is 46.6 Å². The molecule has 2 aliphatic rings. The molecule has 4 nitrogen and oxygen atoms in total. The number of allylic oxidation sites excluding steroid dienone is 1. The number of aliphatic imine (C=N–C) groups is 1. The van der Waals surface area contributed by atoms with E-state index < -0.39 is 0 Å². The first-order chi connectivity index (χ1) is 8.45. The molecular weight excluding hydrogens is 224 g/mol. The van der Waals surface area contributed by atoms with Gasteiger partial charge in [0.25, 0.3) is 0 Å². The summed E-state index contributed by atoms with van der Waals surface area (Å²) in [5, 5.41) is 7.68. The second-order valence-electron chi connectivity index (χ2n) is 5.61. The van der Waals surface area contributed by atoms with Crippen molar-refractivity contribution >= 4 is 11.7 Å². The molecule has 2 aliphatic heterocycles. The van der Waals surface area contributed by atoms with Crippen LogP contribution in [0.2, 0.25) is 0 Å². The third-order valence-electron chi connectivity index (χ3n) is 3.98. The van der Waals surface area contributed by atoms with Crippen molar-refractivity contribution < 1.29 is 0 Å². The number of amidine groups is 2. The molecule has 2 heterocycles. The van der Waals surface area contributed by atoms with Crippen LogP contribution in [0.3, 0.4) is 0 Å². The molecule has 3 N–H and O–H groups in total. The summed E-state index contributed by atoms with van der Waals surface area (Å²) in [6.07, 6.45) is 1.95. The summed E-state index contributed by atoms with van der Waals surface area (Å²) in [6, 6.07) is 0.282. The molecule has 1 fully saturated rings. The zero-order chi connectivity index (χ0) is 13.4. The fourth-order valence-corrected chi connectivity index (χ4v) is 3.03. The number of rotatable bonds is 3. The largest absolute Gasteiger partial charge is 0.387 e. The number of nitrogens with two attached hydrogens (primary N) is 1. The van der Waals surface area contributed by atoms with Gasteiger partial charge < -0.3 is 10.6 Å². The maximum atomic E-state index is 7.68. The first kappa shape index (κ1) is 13.1. The van der Waals surface area contributed by atoms with Crippen molar-refractivity contribution in [2.75, 3.05) is 6.54 Å². The molecule has 4 heteroatoms. The van der Waals surface area contributed by atoms with Crippen LogP contribution in [0.5, 0.6) is 0 Å². The van der Waals surface area contributed by atoms with Crippen molar-refractivity contribution in [3.05, 3.63) is 11.3 Å². The molecule has 0 aliphatic carbocycles. The fourth-order valence-electron chi connectivity index (χ4n) is 3.03. The Hall–Kier alpha value is -1.32. The maximum Gasteiger partial charge on any atom is 0.106 e. The highest BCUT2D eigenvalue weighted by molar-refractivity contribution is 5.90. The number of nitrogens with zero attached hydrogens (tertiary/aromatic N) is 2. The summed E-state index contributed by atoms with van der Waals surface area (Å²) in [5.41, 5.74) is 8.49. The van der Waals surface area contributed by atoms with E-state index in [1.54, 1.807) is 0 Å². The van der Waals surface area contributed by atoms with Gasteiger partial charge in [-0.25, -0.2) is 0 Å². The Labute approximate surface area is 109 Å². The first-order valence-electron chi connectivity index (χ1n) is 6.86. The molecule has 1 saturated heterocycles. The van der Waals surface area contributed by atoms with Gasteiger partial charge in [0.1, 0.15) is 5.84 Å². The van der Waals surface area contributed by atoms with Crippen molar-refractivity contribution in [3.8, 4) is 0 Å². The molecule has 1 unspecified atom stereocenters. The van der Waals surface area contributed by atoms with Crippen molar-refractivity contribution in [1.82, 2.24) is 4.90 Å². The van der Waals surface area contributed by atoms with Gasteiger partial charge in [-0.3, -0.25) is 10.4 Å². The van der Waals surface area contributed by atoms with Crippen LogP contribution in [0.4, 0.5) is 0 Å². The van der Waals surface area contributed by atoms with Gasteiger partial charge in [-0.05, 0) is 25.3 Å². The molecule has 2 atom stereocenters. The lowest BCUT2D eigenvalue weighted by atomic mass is 9.97. The molecule has 0 bridgehead atoms. The van der Waals surface area contributed by atoms with E-state index >= 15 is 0 Å². The molecule has 0 aromatic heterocycles. The predicted molar refractivity (Wildman–Crippen MR) is 75.8 cm³/mol. The van der Waals surface area contributed by atoms with Crippen LogP contribution in [-0.4, -0.2) is 29.2 Å². The van der Waals surface area contributed by atoms with E-state index in [4.69, 9.17) is 16.1 Å². The molecule has 0 amide bonds. The Morgan fingerprint density at radius 2 is 2.22 bits per heavy atom. The highest BCUT2D eigenvalue weighted by Crippen LogP contribution is 2.36. The third kappa shape index (κ3) is 2.04. The van der Waals surface area contributed by atoms with Crippen LogP contribution < -0.4 is 5.73 Å². The van der Waals surface area contributed by atoms with Crippen LogP contribution in [0.1, 0.15) is 40.5 Å². The monoisotopic (exact) mass is 248 g/mol. The lowest BCUT2D eigenvalue weighted by molar-refractivity contribution is 0.497. The smallest absolute Gasteiger partial charge is 0.106 e. The number of nitrogens with one attached hydrogen (secondary N) is 1. The summed E-state index contributed by atoms with van der Waals surface area (Å²) in [6.45, 7) is 9.56. The number of hydrogen-bond acceptors (Lipinski definition) is 3. The Balaban J connectivity index is 2.38. The average molecular weight is 248 g/mol. The minimum Gasteiger partial charge on any atom is -0.387 e. The first-order valence-corrected chi connectivity index (χ1v) is 6.86. The lowest BCUT2D eigenvalue weighted by Gasteiger charge is -2.33. The third-order valence-corrected chi connectivity index (χ3v) is 3.98. The molecule has 100 valence electrons. The van der Waals surface area contributed by atoms with E-state index in [1.165, 1.54) is 17.1 Å². The SMILES string of the molecule is CCC1=C2CC(C(=N)N)CN2C(C(C)C)=N[C@H]1C. The predicted octanol–water partition coefficient (Wildman–Crippen LogP) is 2.36. The fraction of sp³-hybridized carbons (Fsp3) is 0.714. The molecule has 0 spiro atoms. The maximum absolute atomic E-state index is 7.68. The van der Waals surface area contributed by atoms with Crippen molar-refractivity contribution in [3.63, 3.8) is 0 Å². The van der Waals surface area contributed by atoms with Gasteiger partial charge in [0.05, 0.1) is 11.9 Å². The molecule has 0 saturated carbocycles. The molecule has 18 heavy (non-hydrogen) atoms. The molecule has 2 rings (SSSR count). The minimum atomic E-state index is 0.163. The van der Waals surface area contributed by atoms with E-state index in [1.807, 2.05) is 0 Å². The van der Waals surface area contributed by atoms with E-state index in [0.29, 0.717) is 11.8 Å². The Morgan fingerprint density at radius 3 is 2.72 bits per heavy atom. The van der Waals surface area contributed by atoms with Gasteiger partial charge in [-0.15, -0.1) is 0 Å². The number of fused-ring (bicyclic) bond motifs is 1. The van der Waals surface area contributed by atoms with E-state index in [-0.39, 0.29) is 12.0 Å². The van der Waals surface area contributed by atoms with Crippen LogP contribution in [0.15, 0.2) is 16.3 Å². The summed E-state index contributed by atoms with van der Waals surface area (Å²) >= 11 is 0. The van der Waals surface area contributed by atoms with E-state index in [9.17, 15) is 0 Å². The highest BCUT2D eigenvalue weighted by atomic mass is 15.2. The van der Waals surface area contributed by atoms with Gasteiger partial charge >= 0.3 is 0 Å². The summed E-state index contributed by atoms with van der Waals surface area (Å²) in [4.78, 5) is 7.16. The van der Waals surface area contributed by atoms with Gasteiger partial charge in [-0.2, -0.15) is 0 Å². The van der Waals surface area contributed by atoms with Gasteiger partial charge in [0.2, 0.25) is 0 Å². The quantitative estimate of drug-likeness (QED) is 0.595. The summed E-state index contributed by atoms with van der Waals surface area (Å²) in [7, 11) is 0. The van der Waals surface area contributed by atoms with Crippen LogP contribution in [0.25, 0.3) is 0 Å². The van der Waals surface area contributed by atoms with Gasteiger partial charge in [0.15, 0.2) is 0 Å². The average Bonchev–Trinajstić information content (AvgIpc) is 2.72. The standard InChI is InChI=1S/C14H24N4/c1-5-11-9(4)17-14(8(2)3)18-7-10(13(15)16)6-12(11)18/h8-10H,5-7H2,1-4H3,(H3,15,16)/t9-,10?/m0/s1. The van der Waals surface area contributed by atoms with Gasteiger partial charge in [-0.1, -0.05) is 20.8 Å². The minimum absolute atomic E-state index is 0.163. The zero-order valence-electron chi connectivity index (χ0n) is 11.8. The van der Waals surface area contributed by atoms with Gasteiger partial charge in [0, 0.05) is 24.1 Å².